The zero-order chi connectivity index (χ0) is 17.7. The molecule has 1 unspecified atom stereocenters. The van der Waals surface area contributed by atoms with Gasteiger partial charge in [-0.15, -0.1) is 0 Å². The molecule has 1 aromatic carbocycles. The Balaban J connectivity index is 1.81. The molecule has 0 fully saturated rings. The van der Waals surface area contributed by atoms with Crippen LogP contribution in [0, 0.1) is 0 Å². The summed E-state index contributed by atoms with van der Waals surface area (Å²) in [5.41, 5.74) is 1.19. The van der Waals surface area contributed by atoms with Gasteiger partial charge in [-0.2, -0.15) is 11.8 Å². The largest absolute Gasteiger partial charge is 0.336 e. The Morgan fingerprint density at radius 2 is 1.88 bits per heavy atom. The first-order chi connectivity index (χ1) is 12.3. The number of rotatable bonds is 12. The fraction of sp³-hybridized carbons (Fsp3) is 0.476. The van der Waals surface area contributed by atoms with Gasteiger partial charge in [-0.25, -0.2) is 4.98 Å². The third-order valence-electron chi connectivity index (χ3n) is 4.15. The first-order valence-electron chi connectivity index (χ1n) is 9.29. The summed E-state index contributed by atoms with van der Waals surface area (Å²) in [5, 5.41) is 1.24. The van der Waals surface area contributed by atoms with Gasteiger partial charge in [0.15, 0.2) is 0 Å². The van der Waals surface area contributed by atoms with Crippen molar-refractivity contribution in [2.75, 3.05) is 5.75 Å². The molecule has 0 radical (unpaired) electrons. The number of nitrogens with zero attached hydrogens (tertiary/aromatic N) is 2. The average molecular weight is 377 g/mol. The van der Waals surface area contributed by atoms with Gasteiger partial charge in [0.05, 0.1) is 6.33 Å². The molecule has 0 saturated heterocycles. The Bertz CT molecular complexity index is 593. The van der Waals surface area contributed by atoms with Crippen LogP contribution < -0.4 is 0 Å². The summed E-state index contributed by atoms with van der Waals surface area (Å²) < 4.78 is 2.16. The molecular weight excluding hydrogens is 348 g/mol. The van der Waals surface area contributed by atoms with Gasteiger partial charge in [-0.3, -0.25) is 0 Å². The Morgan fingerprint density at radius 3 is 2.60 bits per heavy atom. The number of aromatic nitrogens is 2. The maximum Gasteiger partial charge on any atom is 0.0946 e. The topological polar surface area (TPSA) is 17.8 Å². The quantitative estimate of drug-likeness (QED) is 0.383. The highest BCUT2D eigenvalue weighted by molar-refractivity contribution is 8.00. The number of unbranched alkanes of at least 4 members (excludes halogenated alkanes) is 5. The molecule has 0 spiro atoms. The molecule has 1 atom stereocenters. The predicted molar refractivity (Wildman–Crippen MR) is 112 cm³/mol. The summed E-state index contributed by atoms with van der Waals surface area (Å²) in [6, 6.07) is 8.00. The number of hydrogen-bond donors (Lipinski definition) is 0. The van der Waals surface area contributed by atoms with E-state index >= 15 is 0 Å². The molecule has 2 rings (SSSR count). The Labute approximate surface area is 161 Å². The lowest BCUT2D eigenvalue weighted by molar-refractivity contribution is 0.626. The van der Waals surface area contributed by atoms with E-state index in [1.165, 1.54) is 49.8 Å². The predicted octanol–water partition coefficient (Wildman–Crippen LogP) is 6.71. The second-order valence-corrected chi connectivity index (χ2v) is 8.13. The molecule has 25 heavy (non-hydrogen) atoms. The van der Waals surface area contributed by atoms with Crippen LogP contribution >= 0.6 is 23.4 Å². The first kappa shape index (κ1) is 20.1. The summed E-state index contributed by atoms with van der Waals surface area (Å²) in [4.78, 5) is 4.16. The van der Waals surface area contributed by atoms with Gasteiger partial charge in [0, 0.05) is 29.2 Å². The van der Waals surface area contributed by atoms with Crippen molar-refractivity contribution in [1.29, 1.82) is 0 Å². The summed E-state index contributed by atoms with van der Waals surface area (Å²) in [5.74, 6) is 1.22. The van der Waals surface area contributed by atoms with Crippen LogP contribution in [0.5, 0.6) is 0 Å². The molecule has 0 bridgehead atoms. The Morgan fingerprint density at radius 1 is 1.12 bits per heavy atom. The van der Waals surface area contributed by atoms with Crippen molar-refractivity contribution in [3.05, 3.63) is 59.6 Å². The monoisotopic (exact) mass is 376 g/mol. The molecule has 1 heterocycles. The molecule has 0 aliphatic rings. The average Bonchev–Trinajstić information content (AvgIpc) is 3.13. The maximum absolute atomic E-state index is 5.96. The van der Waals surface area contributed by atoms with Crippen LogP contribution in [0.3, 0.4) is 0 Å². The third kappa shape index (κ3) is 8.64. The highest BCUT2D eigenvalue weighted by Gasteiger charge is 2.06. The summed E-state index contributed by atoms with van der Waals surface area (Å²) >= 11 is 8.01. The smallest absolute Gasteiger partial charge is 0.0946 e. The maximum atomic E-state index is 5.96. The minimum absolute atomic E-state index is 0.459. The molecule has 2 nitrogen and oxygen atoms in total. The number of benzene rings is 1. The zero-order valence-corrected chi connectivity index (χ0v) is 16.7. The summed E-state index contributed by atoms with van der Waals surface area (Å²) in [6.45, 7) is 3.23. The van der Waals surface area contributed by atoms with Gasteiger partial charge in [0.25, 0.3) is 0 Å². The van der Waals surface area contributed by atoms with Crippen molar-refractivity contribution in [2.45, 2.75) is 57.2 Å². The fourth-order valence-corrected chi connectivity index (χ4v) is 3.95. The molecular formula is C21H29ClN2S. The van der Waals surface area contributed by atoms with Crippen LogP contribution in [0.1, 0.15) is 51.0 Å². The van der Waals surface area contributed by atoms with Crippen molar-refractivity contribution in [2.24, 2.45) is 0 Å². The molecule has 136 valence electrons. The van der Waals surface area contributed by atoms with Crippen molar-refractivity contribution in [1.82, 2.24) is 9.55 Å². The molecule has 4 heteroatoms. The molecule has 0 amide bonds. The van der Waals surface area contributed by atoms with Crippen LogP contribution in [0.25, 0.3) is 6.08 Å². The zero-order valence-electron chi connectivity index (χ0n) is 15.1. The standard InChI is InChI=1S/C21H29ClN2S/c1-2-3-4-5-6-7-16-25-21(17-24-15-14-23-18-24)13-10-19-8-11-20(22)12-9-19/h8-15,18,21H,2-7,16-17H2,1H3/b13-10+. The van der Waals surface area contributed by atoms with E-state index in [2.05, 4.69) is 40.8 Å². The van der Waals surface area contributed by atoms with E-state index in [0.717, 1.165) is 11.6 Å². The van der Waals surface area contributed by atoms with E-state index in [1.54, 1.807) is 0 Å². The molecule has 0 aliphatic heterocycles. The lowest BCUT2D eigenvalue weighted by Gasteiger charge is -2.13. The van der Waals surface area contributed by atoms with Gasteiger partial charge in [-0.1, -0.05) is 74.9 Å². The number of imidazole rings is 1. The van der Waals surface area contributed by atoms with Crippen LogP contribution in [0.4, 0.5) is 0 Å². The number of hydrogen-bond acceptors (Lipinski definition) is 2. The van der Waals surface area contributed by atoms with E-state index in [9.17, 15) is 0 Å². The molecule has 2 aromatic rings. The van der Waals surface area contributed by atoms with Crippen molar-refractivity contribution < 1.29 is 0 Å². The minimum Gasteiger partial charge on any atom is -0.336 e. The van der Waals surface area contributed by atoms with E-state index in [1.807, 2.05) is 42.6 Å². The first-order valence-corrected chi connectivity index (χ1v) is 10.7. The van der Waals surface area contributed by atoms with E-state index < -0.39 is 0 Å². The second kappa shape index (κ2) is 12.2. The van der Waals surface area contributed by atoms with Crippen molar-refractivity contribution in [3.8, 4) is 0 Å². The van der Waals surface area contributed by atoms with Crippen LogP contribution in [0.2, 0.25) is 5.02 Å². The number of thioether (sulfide) groups is 1. The van der Waals surface area contributed by atoms with Crippen LogP contribution in [-0.4, -0.2) is 20.6 Å². The van der Waals surface area contributed by atoms with E-state index in [0.29, 0.717) is 5.25 Å². The van der Waals surface area contributed by atoms with Gasteiger partial charge in [-0.05, 0) is 29.9 Å². The van der Waals surface area contributed by atoms with E-state index in [-0.39, 0.29) is 0 Å². The van der Waals surface area contributed by atoms with Crippen LogP contribution in [0.15, 0.2) is 49.1 Å². The van der Waals surface area contributed by atoms with Crippen LogP contribution in [-0.2, 0) is 6.54 Å². The van der Waals surface area contributed by atoms with Crippen molar-refractivity contribution >= 4 is 29.4 Å². The highest BCUT2D eigenvalue weighted by Crippen LogP contribution is 2.20. The molecule has 0 aliphatic carbocycles. The van der Waals surface area contributed by atoms with Gasteiger partial charge in [0.2, 0.25) is 0 Å². The lowest BCUT2D eigenvalue weighted by Crippen LogP contribution is -2.10. The minimum atomic E-state index is 0.459. The molecule has 1 aromatic heterocycles. The fourth-order valence-electron chi connectivity index (χ4n) is 2.68. The normalized spacial score (nSPS) is 12.7. The second-order valence-electron chi connectivity index (χ2n) is 6.35. The summed E-state index contributed by atoms with van der Waals surface area (Å²) in [7, 11) is 0. The van der Waals surface area contributed by atoms with E-state index in [4.69, 9.17) is 11.6 Å². The SMILES string of the molecule is CCCCCCCCSC(/C=C/c1ccc(Cl)cc1)Cn1ccnc1. The lowest BCUT2D eigenvalue weighted by atomic mass is 10.1. The molecule has 0 N–H and O–H groups in total. The summed E-state index contributed by atoms with van der Waals surface area (Å²) in [6.07, 6.45) is 18.4. The third-order valence-corrected chi connectivity index (χ3v) is 5.66. The number of halogens is 1. The van der Waals surface area contributed by atoms with Gasteiger partial charge in [0.1, 0.15) is 0 Å². The van der Waals surface area contributed by atoms with Gasteiger partial charge < -0.3 is 4.57 Å². The highest BCUT2D eigenvalue weighted by atomic mass is 35.5. The van der Waals surface area contributed by atoms with Gasteiger partial charge >= 0.3 is 0 Å². The molecule has 0 saturated carbocycles. The van der Waals surface area contributed by atoms with Crippen molar-refractivity contribution in [3.63, 3.8) is 0 Å². The Hall–Kier alpha value is -1.19. The Kier molecular flexibility index (Phi) is 9.83.